The van der Waals surface area contributed by atoms with Crippen LogP contribution in [0.25, 0.3) is 11.1 Å². The first-order valence-corrected chi connectivity index (χ1v) is 12.4. The van der Waals surface area contributed by atoms with Gasteiger partial charge in [-0.15, -0.1) is 23.0 Å². The van der Waals surface area contributed by atoms with E-state index in [0.717, 1.165) is 24.5 Å². The minimum absolute atomic E-state index is 0. The SMILES string of the molecule is C(#CC1CC1)c1nn[c-]s1.COc1cnc(C(F)F)cc1-c1cc(C#CC2CCCOC2)ncc1[C-]=O.[Ni+2]. The number of methoxy groups -OCH3 is 1. The molecule has 5 rings (SSSR count). The third kappa shape index (κ3) is 8.39. The zero-order valence-electron chi connectivity index (χ0n) is 20.3. The Morgan fingerprint density at radius 3 is 2.58 bits per heavy atom. The van der Waals surface area contributed by atoms with Crippen molar-refractivity contribution in [3.63, 3.8) is 0 Å². The number of ether oxygens (including phenoxy) is 2. The van der Waals surface area contributed by atoms with Crippen LogP contribution in [0.4, 0.5) is 8.78 Å². The van der Waals surface area contributed by atoms with E-state index in [0.29, 0.717) is 29.3 Å². The van der Waals surface area contributed by atoms with Crippen LogP contribution >= 0.6 is 11.3 Å². The van der Waals surface area contributed by atoms with Gasteiger partial charge in [-0.25, -0.2) is 13.9 Å². The van der Waals surface area contributed by atoms with E-state index >= 15 is 0 Å². The van der Waals surface area contributed by atoms with E-state index in [4.69, 9.17) is 9.47 Å². The summed E-state index contributed by atoms with van der Waals surface area (Å²) >= 11 is 1.37. The quantitative estimate of drug-likeness (QED) is 0.257. The molecule has 0 amide bonds. The maximum atomic E-state index is 13.1. The number of nitrogens with zero attached hydrogens (tertiary/aromatic N) is 4. The Bertz CT molecular complexity index is 1340. The summed E-state index contributed by atoms with van der Waals surface area (Å²) in [6.45, 7) is 1.33. The summed E-state index contributed by atoms with van der Waals surface area (Å²) in [6.07, 6.45) is 6.00. The van der Waals surface area contributed by atoms with Gasteiger partial charge in [0, 0.05) is 23.5 Å². The van der Waals surface area contributed by atoms with E-state index in [1.165, 1.54) is 49.7 Å². The van der Waals surface area contributed by atoms with E-state index in [-0.39, 0.29) is 33.7 Å². The largest absolute Gasteiger partial charge is 2.00 e. The molecule has 11 heteroatoms. The summed E-state index contributed by atoms with van der Waals surface area (Å²) in [5, 5.41) is 8.10. The molecular weight excluding hydrogens is 557 g/mol. The maximum absolute atomic E-state index is 13.1. The van der Waals surface area contributed by atoms with Crippen molar-refractivity contribution in [3.8, 4) is 40.6 Å². The summed E-state index contributed by atoms with van der Waals surface area (Å²) in [7, 11) is 1.40. The van der Waals surface area contributed by atoms with Gasteiger partial charge < -0.3 is 30.6 Å². The molecule has 3 aromatic rings. The van der Waals surface area contributed by atoms with Gasteiger partial charge in [0.1, 0.15) is 11.4 Å². The van der Waals surface area contributed by atoms with E-state index in [2.05, 4.69) is 49.4 Å². The molecule has 0 bridgehead atoms. The van der Waals surface area contributed by atoms with Crippen LogP contribution in [0.1, 0.15) is 54.1 Å². The summed E-state index contributed by atoms with van der Waals surface area (Å²) in [5.74, 6) is 13.2. The summed E-state index contributed by atoms with van der Waals surface area (Å²) in [4.78, 5) is 19.1. The van der Waals surface area contributed by atoms with Crippen LogP contribution in [0.15, 0.2) is 24.5 Å². The standard InChI is InChI=1S/C20H17F2N2O3.C7H5N2S.Ni/c1-26-19-10-24-18(20(21)22)8-17(19)16-7-15(23-9-14(16)11-25)5-4-13-3-2-6-27-12-13;1-2-6(1)3-4-7-9-8-5-10-7;/h7-10,13,20H,2-3,6,12H2,1H3;6H,1-2H2;/q2*-1;+2. The Morgan fingerprint density at radius 2 is 1.95 bits per heavy atom. The molecule has 1 aliphatic heterocycles. The van der Waals surface area contributed by atoms with Crippen LogP contribution in [0.3, 0.4) is 0 Å². The Labute approximate surface area is 233 Å². The predicted octanol–water partition coefficient (Wildman–Crippen LogP) is 4.42. The second-order valence-electron chi connectivity index (χ2n) is 8.25. The summed E-state index contributed by atoms with van der Waals surface area (Å²) in [6, 6.07) is 2.77. The monoisotopic (exact) mass is 578 g/mol. The number of carbonyl (C=O) groups excluding carboxylic acids is 1. The molecule has 2 fully saturated rings. The van der Waals surface area contributed by atoms with Crippen molar-refractivity contribution < 1.29 is 39.5 Å². The van der Waals surface area contributed by atoms with Crippen molar-refractivity contribution >= 4 is 17.6 Å². The molecule has 0 N–H and O–H groups in total. The summed E-state index contributed by atoms with van der Waals surface area (Å²) in [5.41, 5.74) is 3.47. The third-order valence-electron chi connectivity index (χ3n) is 5.49. The zero-order chi connectivity index (χ0) is 26.0. The van der Waals surface area contributed by atoms with Crippen molar-refractivity contribution in [2.45, 2.75) is 32.1 Å². The number of hydrogen-bond acceptors (Lipinski definition) is 8. The fourth-order valence-corrected chi connectivity index (χ4v) is 3.76. The predicted molar refractivity (Wildman–Crippen MR) is 133 cm³/mol. The van der Waals surface area contributed by atoms with Gasteiger partial charge in [-0.05, 0) is 43.2 Å². The molecular formula is C27H22F2N4NiO3S. The fraction of sp³-hybridized carbons (Fsp3) is 0.370. The first-order valence-electron chi connectivity index (χ1n) is 11.6. The first kappa shape index (κ1) is 29.3. The second-order valence-corrected chi connectivity index (χ2v) is 9.03. The molecule has 0 radical (unpaired) electrons. The number of halogens is 2. The first-order chi connectivity index (χ1) is 18.1. The molecule has 0 spiro atoms. The molecule has 4 heterocycles. The molecule has 1 saturated heterocycles. The van der Waals surface area contributed by atoms with E-state index in [1.54, 1.807) is 12.4 Å². The Balaban J connectivity index is 0.000000303. The van der Waals surface area contributed by atoms with Gasteiger partial charge in [-0.3, -0.25) is 10.1 Å². The smallest absolute Gasteiger partial charge is 0.496 e. The molecule has 1 atom stereocenters. The number of hydrogen-bond donors (Lipinski definition) is 0. The molecule has 1 unspecified atom stereocenters. The Morgan fingerprint density at radius 1 is 1.13 bits per heavy atom. The number of aromatic nitrogens is 4. The topological polar surface area (TPSA) is 87.1 Å². The van der Waals surface area contributed by atoms with E-state index in [9.17, 15) is 13.6 Å². The van der Waals surface area contributed by atoms with Gasteiger partial charge in [-0.2, -0.15) is 0 Å². The van der Waals surface area contributed by atoms with Crippen LogP contribution in [0.2, 0.25) is 0 Å². The molecule has 3 aromatic heterocycles. The Hall–Kier alpha value is -3.24. The molecule has 38 heavy (non-hydrogen) atoms. The maximum Gasteiger partial charge on any atom is 2.00 e. The molecule has 2 aliphatic rings. The number of rotatable bonds is 4. The van der Waals surface area contributed by atoms with Crippen molar-refractivity contribution in [1.29, 1.82) is 0 Å². The normalized spacial score (nSPS) is 15.9. The van der Waals surface area contributed by atoms with Crippen LogP contribution in [-0.4, -0.2) is 46.8 Å². The Kier molecular flexibility index (Phi) is 11.3. The average molecular weight is 579 g/mol. The van der Waals surface area contributed by atoms with Gasteiger partial charge in [0.25, 0.3) is 6.43 Å². The molecule has 1 saturated carbocycles. The van der Waals surface area contributed by atoms with Crippen LogP contribution in [0, 0.1) is 41.0 Å². The van der Waals surface area contributed by atoms with Crippen LogP contribution < -0.4 is 4.74 Å². The average Bonchev–Trinajstić information content (AvgIpc) is 3.63. The minimum atomic E-state index is -2.74. The van der Waals surface area contributed by atoms with Crippen molar-refractivity contribution in [2.75, 3.05) is 20.3 Å². The molecule has 7 nitrogen and oxygen atoms in total. The number of pyridine rings is 2. The van der Waals surface area contributed by atoms with Crippen molar-refractivity contribution in [1.82, 2.24) is 20.2 Å². The fourth-order valence-electron chi connectivity index (χ4n) is 3.40. The van der Waals surface area contributed by atoms with E-state index in [1.807, 2.05) is 0 Å². The third-order valence-corrected chi connectivity index (χ3v) is 6.04. The van der Waals surface area contributed by atoms with E-state index < -0.39 is 12.1 Å². The molecule has 198 valence electrons. The van der Waals surface area contributed by atoms with Gasteiger partial charge in [-0.1, -0.05) is 23.7 Å². The van der Waals surface area contributed by atoms with Crippen LogP contribution in [0.5, 0.6) is 5.75 Å². The summed E-state index contributed by atoms with van der Waals surface area (Å²) < 4.78 is 36.7. The van der Waals surface area contributed by atoms with Gasteiger partial charge in [0.15, 0.2) is 0 Å². The molecule has 0 aromatic carbocycles. The number of alkyl halides is 2. The van der Waals surface area contributed by atoms with Gasteiger partial charge in [0.05, 0.1) is 31.9 Å². The van der Waals surface area contributed by atoms with Crippen molar-refractivity contribution in [3.05, 3.63) is 52.0 Å². The zero-order valence-corrected chi connectivity index (χ0v) is 22.1. The van der Waals surface area contributed by atoms with Gasteiger partial charge >= 0.3 is 16.5 Å². The second kappa shape index (κ2) is 14.6. The molecule has 1 aliphatic carbocycles. The van der Waals surface area contributed by atoms with Crippen LogP contribution in [-0.2, 0) is 26.0 Å². The van der Waals surface area contributed by atoms with Gasteiger partial charge in [0.2, 0.25) is 0 Å². The minimum Gasteiger partial charge on any atom is -0.496 e. The van der Waals surface area contributed by atoms with Crippen molar-refractivity contribution in [2.24, 2.45) is 11.8 Å².